The summed E-state index contributed by atoms with van der Waals surface area (Å²) in [6.07, 6.45) is 4.81. The van der Waals surface area contributed by atoms with Crippen molar-refractivity contribution in [3.8, 4) is 17.3 Å². The first-order valence-corrected chi connectivity index (χ1v) is 10.9. The summed E-state index contributed by atoms with van der Waals surface area (Å²) >= 11 is 0. The quantitative estimate of drug-likeness (QED) is 0.441. The summed E-state index contributed by atoms with van der Waals surface area (Å²) in [5, 5.41) is 9.50. The number of rotatable bonds is 3. The molecule has 1 aliphatic rings. The van der Waals surface area contributed by atoms with E-state index >= 15 is 0 Å². The molecular weight excluding hydrogens is 420 g/mol. The minimum atomic E-state index is -0.0593. The molecule has 1 aromatic carbocycles. The van der Waals surface area contributed by atoms with E-state index in [1.807, 2.05) is 40.4 Å². The summed E-state index contributed by atoms with van der Waals surface area (Å²) in [6, 6.07) is 11.3. The molecule has 1 fully saturated rings. The van der Waals surface area contributed by atoms with Crippen molar-refractivity contribution < 1.29 is 5.11 Å². The fourth-order valence-electron chi connectivity index (χ4n) is 4.77. The highest BCUT2D eigenvalue weighted by Gasteiger charge is 2.26. The molecule has 10 heteroatoms. The van der Waals surface area contributed by atoms with Crippen LogP contribution in [0.25, 0.3) is 33.6 Å². The Labute approximate surface area is 188 Å². The van der Waals surface area contributed by atoms with Gasteiger partial charge >= 0.3 is 5.69 Å². The first-order valence-electron chi connectivity index (χ1n) is 10.9. The molecule has 1 saturated heterocycles. The number of hydrogen-bond donors (Lipinski definition) is 2. The lowest BCUT2D eigenvalue weighted by Gasteiger charge is -2.33. The molecule has 6 rings (SSSR count). The Bertz CT molecular complexity index is 1520. The van der Waals surface area contributed by atoms with E-state index in [0.717, 1.165) is 59.5 Å². The van der Waals surface area contributed by atoms with E-state index in [1.165, 1.54) is 0 Å². The van der Waals surface area contributed by atoms with Crippen LogP contribution in [0.1, 0.15) is 18.9 Å². The van der Waals surface area contributed by atoms with E-state index in [1.54, 1.807) is 24.7 Å². The van der Waals surface area contributed by atoms with Gasteiger partial charge in [0.1, 0.15) is 12.2 Å². The molecule has 10 nitrogen and oxygen atoms in total. The lowest BCUT2D eigenvalue weighted by molar-refractivity contribution is 0.395. The van der Waals surface area contributed by atoms with Crippen LogP contribution in [-0.4, -0.2) is 52.3 Å². The zero-order valence-corrected chi connectivity index (χ0v) is 18.0. The monoisotopic (exact) mass is 442 g/mol. The van der Waals surface area contributed by atoms with Gasteiger partial charge in [0.05, 0.1) is 11.0 Å². The molecule has 0 aliphatic carbocycles. The van der Waals surface area contributed by atoms with E-state index < -0.39 is 0 Å². The summed E-state index contributed by atoms with van der Waals surface area (Å²) in [6.45, 7) is 1.52. The highest BCUT2D eigenvalue weighted by atomic mass is 16.3. The van der Waals surface area contributed by atoms with Gasteiger partial charge in [-0.15, -0.1) is 0 Å². The second-order valence-electron chi connectivity index (χ2n) is 8.30. The number of imidazole rings is 2. The third kappa shape index (κ3) is 3.13. The fourth-order valence-corrected chi connectivity index (χ4v) is 4.77. The number of aryl methyl sites for hydroxylation is 1. The van der Waals surface area contributed by atoms with E-state index in [2.05, 4.69) is 24.8 Å². The molecule has 0 spiro atoms. The molecule has 33 heavy (non-hydrogen) atoms. The standard InChI is InChI=1S/C23H22N8O2/c1-29-20(14-6-7-18(32)24-12-14)28-19-21(29)25-13-26-22(19)30-10-8-15(9-11-30)31-17-5-3-2-4-16(17)27-23(31)33/h2-7,12-13,15H,8-11H2,1H3,(H,24,32)(H,27,33). The van der Waals surface area contributed by atoms with E-state index in [9.17, 15) is 9.90 Å². The molecule has 166 valence electrons. The average molecular weight is 442 g/mol. The molecule has 1 aliphatic heterocycles. The van der Waals surface area contributed by atoms with Crippen molar-refractivity contribution in [3.63, 3.8) is 0 Å². The highest BCUT2D eigenvalue weighted by Crippen LogP contribution is 2.32. The third-order valence-electron chi connectivity index (χ3n) is 6.40. The van der Waals surface area contributed by atoms with Gasteiger partial charge in [-0.25, -0.2) is 24.7 Å². The smallest absolute Gasteiger partial charge is 0.326 e. The van der Waals surface area contributed by atoms with Crippen molar-refractivity contribution in [2.24, 2.45) is 7.05 Å². The molecule has 5 aromatic rings. The van der Waals surface area contributed by atoms with Crippen molar-refractivity contribution >= 4 is 28.0 Å². The Morgan fingerprint density at radius 3 is 2.67 bits per heavy atom. The van der Waals surface area contributed by atoms with E-state index in [4.69, 9.17) is 4.98 Å². The lowest BCUT2D eigenvalue weighted by atomic mass is 10.0. The van der Waals surface area contributed by atoms with Crippen molar-refractivity contribution in [2.75, 3.05) is 18.0 Å². The number of piperidine rings is 1. The van der Waals surface area contributed by atoms with Crippen LogP contribution in [0.4, 0.5) is 5.82 Å². The minimum absolute atomic E-state index is 0.0322. The maximum absolute atomic E-state index is 12.6. The van der Waals surface area contributed by atoms with Gasteiger partial charge in [-0.1, -0.05) is 12.1 Å². The fraction of sp³-hybridized carbons (Fsp3) is 0.261. The Hall–Kier alpha value is -4.21. The Kier molecular flexibility index (Phi) is 4.39. The number of benzene rings is 1. The van der Waals surface area contributed by atoms with Gasteiger partial charge in [0.25, 0.3) is 0 Å². The summed E-state index contributed by atoms with van der Waals surface area (Å²) in [7, 11) is 1.91. The molecule has 5 heterocycles. The van der Waals surface area contributed by atoms with Crippen LogP contribution < -0.4 is 10.6 Å². The van der Waals surface area contributed by atoms with Crippen LogP contribution in [0, 0.1) is 0 Å². The van der Waals surface area contributed by atoms with Crippen LogP contribution in [0.5, 0.6) is 5.88 Å². The summed E-state index contributed by atoms with van der Waals surface area (Å²) < 4.78 is 3.80. The first kappa shape index (κ1) is 19.5. The van der Waals surface area contributed by atoms with Crippen LogP contribution in [0.2, 0.25) is 0 Å². The number of aromatic nitrogens is 7. The third-order valence-corrected chi connectivity index (χ3v) is 6.40. The zero-order valence-electron chi connectivity index (χ0n) is 18.0. The van der Waals surface area contributed by atoms with Gasteiger partial charge in [0.2, 0.25) is 5.88 Å². The average Bonchev–Trinajstić information content (AvgIpc) is 3.36. The van der Waals surface area contributed by atoms with Crippen molar-refractivity contribution in [2.45, 2.75) is 18.9 Å². The van der Waals surface area contributed by atoms with Crippen molar-refractivity contribution in [1.29, 1.82) is 0 Å². The van der Waals surface area contributed by atoms with Crippen LogP contribution in [-0.2, 0) is 7.05 Å². The number of anilines is 1. The molecule has 0 bridgehead atoms. The molecular formula is C23H22N8O2. The number of H-pyrrole nitrogens is 1. The largest absolute Gasteiger partial charge is 0.493 e. The van der Waals surface area contributed by atoms with Crippen molar-refractivity contribution in [3.05, 3.63) is 59.4 Å². The SMILES string of the molecule is Cn1c(-c2ccc(O)nc2)nc2c(N3CCC(n4c(=O)[nH]c5ccccc54)CC3)ncnc21. The van der Waals surface area contributed by atoms with Crippen LogP contribution in [0.15, 0.2) is 53.7 Å². The predicted molar refractivity (Wildman–Crippen MR) is 124 cm³/mol. The summed E-state index contributed by atoms with van der Waals surface area (Å²) in [4.78, 5) is 35.6. The Morgan fingerprint density at radius 2 is 1.88 bits per heavy atom. The number of aromatic amines is 1. The number of pyridine rings is 1. The molecule has 0 atom stereocenters. The molecule has 4 aromatic heterocycles. The van der Waals surface area contributed by atoms with Gasteiger partial charge in [-0.05, 0) is 31.0 Å². The van der Waals surface area contributed by atoms with Gasteiger partial charge in [0.15, 0.2) is 17.0 Å². The predicted octanol–water partition coefficient (Wildman–Crippen LogP) is 2.62. The van der Waals surface area contributed by atoms with Gasteiger partial charge in [-0.2, -0.15) is 0 Å². The molecule has 2 N–H and O–H groups in total. The summed E-state index contributed by atoms with van der Waals surface area (Å²) in [5.74, 6) is 1.47. The second-order valence-corrected chi connectivity index (χ2v) is 8.30. The Balaban J connectivity index is 1.31. The second kappa shape index (κ2) is 7.44. The number of hydrogen-bond acceptors (Lipinski definition) is 7. The lowest BCUT2D eigenvalue weighted by Crippen LogP contribution is -2.37. The molecule has 0 radical (unpaired) electrons. The van der Waals surface area contributed by atoms with Gasteiger partial charge in [0, 0.05) is 44.0 Å². The van der Waals surface area contributed by atoms with E-state index in [-0.39, 0.29) is 17.6 Å². The minimum Gasteiger partial charge on any atom is -0.493 e. The van der Waals surface area contributed by atoms with Crippen LogP contribution >= 0.6 is 0 Å². The van der Waals surface area contributed by atoms with Crippen molar-refractivity contribution in [1.82, 2.24) is 34.1 Å². The maximum Gasteiger partial charge on any atom is 0.326 e. The number of para-hydroxylation sites is 2. The molecule has 0 saturated carbocycles. The van der Waals surface area contributed by atoms with Gasteiger partial charge in [-0.3, -0.25) is 4.57 Å². The van der Waals surface area contributed by atoms with E-state index in [0.29, 0.717) is 5.82 Å². The number of nitrogens with one attached hydrogen (secondary N) is 1. The number of fused-ring (bicyclic) bond motifs is 2. The summed E-state index contributed by atoms with van der Waals surface area (Å²) in [5.41, 5.74) is 4.01. The zero-order chi connectivity index (χ0) is 22.5. The number of aromatic hydroxyl groups is 1. The van der Waals surface area contributed by atoms with Crippen LogP contribution in [0.3, 0.4) is 0 Å². The van der Waals surface area contributed by atoms with Gasteiger partial charge < -0.3 is 19.6 Å². The first-order chi connectivity index (χ1) is 16.1. The Morgan fingerprint density at radius 1 is 1.06 bits per heavy atom. The topological polar surface area (TPSA) is 118 Å². The maximum atomic E-state index is 12.6. The molecule has 0 unspecified atom stereocenters. The molecule has 0 amide bonds. The number of nitrogens with zero attached hydrogens (tertiary/aromatic N) is 7. The normalized spacial score (nSPS) is 15.0. The highest BCUT2D eigenvalue weighted by molar-refractivity contribution is 5.86.